The SMILES string of the molecule is CCN(CC)c1ccc(Nc2nccc(C(=O)NCc3ccncc3)n2)c(C)c1. The van der Waals surface area contributed by atoms with E-state index in [9.17, 15) is 4.79 Å². The second-order valence-corrected chi connectivity index (χ2v) is 6.60. The van der Waals surface area contributed by atoms with Gasteiger partial charge in [-0.1, -0.05) is 0 Å². The number of hydrogen-bond donors (Lipinski definition) is 2. The second kappa shape index (κ2) is 9.64. The number of carbonyl (C=O) groups excluding carboxylic acids is 1. The zero-order valence-corrected chi connectivity index (χ0v) is 17.0. The maximum absolute atomic E-state index is 12.4. The van der Waals surface area contributed by atoms with Gasteiger partial charge in [-0.25, -0.2) is 9.97 Å². The summed E-state index contributed by atoms with van der Waals surface area (Å²) in [7, 11) is 0. The van der Waals surface area contributed by atoms with Gasteiger partial charge in [0.25, 0.3) is 5.91 Å². The smallest absolute Gasteiger partial charge is 0.270 e. The summed E-state index contributed by atoms with van der Waals surface area (Å²) < 4.78 is 0. The lowest BCUT2D eigenvalue weighted by Gasteiger charge is -2.22. The van der Waals surface area contributed by atoms with Crippen molar-refractivity contribution in [2.75, 3.05) is 23.3 Å². The van der Waals surface area contributed by atoms with E-state index in [1.165, 1.54) is 5.69 Å². The molecule has 1 aromatic carbocycles. The molecular formula is C22H26N6O. The minimum atomic E-state index is -0.249. The minimum Gasteiger partial charge on any atom is -0.372 e. The van der Waals surface area contributed by atoms with Crippen molar-refractivity contribution in [1.29, 1.82) is 0 Å². The second-order valence-electron chi connectivity index (χ2n) is 6.60. The van der Waals surface area contributed by atoms with Gasteiger partial charge in [-0.05, 0) is 68.3 Å². The fourth-order valence-electron chi connectivity index (χ4n) is 3.01. The van der Waals surface area contributed by atoms with Gasteiger partial charge in [0.05, 0.1) is 0 Å². The summed E-state index contributed by atoms with van der Waals surface area (Å²) in [5.41, 5.74) is 4.47. The highest BCUT2D eigenvalue weighted by Crippen LogP contribution is 2.24. The van der Waals surface area contributed by atoms with E-state index in [1.54, 1.807) is 24.7 Å². The van der Waals surface area contributed by atoms with E-state index in [-0.39, 0.29) is 5.91 Å². The predicted octanol–water partition coefficient (Wildman–Crippen LogP) is 3.70. The predicted molar refractivity (Wildman–Crippen MR) is 115 cm³/mol. The average molecular weight is 390 g/mol. The summed E-state index contributed by atoms with van der Waals surface area (Å²) >= 11 is 0. The number of nitrogens with one attached hydrogen (secondary N) is 2. The largest absolute Gasteiger partial charge is 0.372 e. The molecule has 3 rings (SSSR count). The van der Waals surface area contributed by atoms with E-state index in [1.807, 2.05) is 25.1 Å². The van der Waals surface area contributed by atoms with Crippen molar-refractivity contribution in [1.82, 2.24) is 20.3 Å². The molecule has 1 amide bonds. The first kappa shape index (κ1) is 20.3. The maximum Gasteiger partial charge on any atom is 0.270 e. The molecule has 150 valence electrons. The summed E-state index contributed by atoms with van der Waals surface area (Å²) in [4.78, 5) is 27.3. The molecule has 3 aromatic rings. The molecule has 0 spiro atoms. The van der Waals surface area contributed by atoms with Crippen LogP contribution in [0.3, 0.4) is 0 Å². The third-order valence-corrected chi connectivity index (χ3v) is 4.68. The van der Waals surface area contributed by atoms with Gasteiger partial charge in [-0.15, -0.1) is 0 Å². The molecule has 0 saturated heterocycles. The third kappa shape index (κ3) is 5.28. The van der Waals surface area contributed by atoms with Gasteiger partial charge in [-0.3, -0.25) is 9.78 Å². The molecule has 2 aromatic heterocycles. The Bertz CT molecular complexity index is 957. The maximum atomic E-state index is 12.4. The molecule has 0 unspecified atom stereocenters. The number of aromatic nitrogens is 3. The van der Waals surface area contributed by atoms with Crippen molar-refractivity contribution in [3.63, 3.8) is 0 Å². The van der Waals surface area contributed by atoms with Gasteiger partial charge in [-0.2, -0.15) is 0 Å². The molecule has 0 saturated carbocycles. The number of nitrogens with zero attached hydrogens (tertiary/aromatic N) is 4. The number of anilines is 3. The molecule has 29 heavy (non-hydrogen) atoms. The Balaban J connectivity index is 1.68. The molecule has 0 aliphatic carbocycles. The number of rotatable bonds is 8. The Morgan fingerprint density at radius 1 is 1.03 bits per heavy atom. The summed E-state index contributed by atoms with van der Waals surface area (Å²) in [5, 5.41) is 6.07. The van der Waals surface area contributed by atoms with E-state index < -0.39 is 0 Å². The number of aryl methyl sites for hydroxylation is 1. The molecule has 7 heteroatoms. The summed E-state index contributed by atoms with van der Waals surface area (Å²) in [6, 6.07) is 11.6. The lowest BCUT2D eigenvalue weighted by atomic mass is 10.1. The van der Waals surface area contributed by atoms with Crippen molar-refractivity contribution in [2.45, 2.75) is 27.3 Å². The van der Waals surface area contributed by atoms with Gasteiger partial charge < -0.3 is 15.5 Å². The van der Waals surface area contributed by atoms with Crippen molar-refractivity contribution >= 4 is 23.2 Å². The van der Waals surface area contributed by atoms with E-state index in [2.05, 4.69) is 56.5 Å². The average Bonchev–Trinajstić information content (AvgIpc) is 2.75. The highest BCUT2D eigenvalue weighted by Gasteiger charge is 2.10. The van der Waals surface area contributed by atoms with E-state index in [4.69, 9.17) is 0 Å². The Kier molecular flexibility index (Phi) is 6.73. The monoisotopic (exact) mass is 390 g/mol. The lowest BCUT2D eigenvalue weighted by molar-refractivity contribution is 0.0946. The molecule has 2 N–H and O–H groups in total. The summed E-state index contributed by atoms with van der Waals surface area (Å²) in [5.74, 6) is 0.140. The standard InChI is InChI=1S/C22H26N6O/c1-4-28(5-2)18-6-7-19(16(3)14-18)26-22-24-13-10-20(27-22)21(29)25-15-17-8-11-23-12-9-17/h6-14H,4-5,15H2,1-3H3,(H,25,29)(H,24,26,27). The first-order chi connectivity index (χ1) is 14.1. The number of pyridine rings is 1. The van der Waals surface area contributed by atoms with Crippen molar-refractivity contribution in [3.8, 4) is 0 Å². The fourth-order valence-corrected chi connectivity index (χ4v) is 3.01. The molecule has 0 aliphatic heterocycles. The van der Waals surface area contributed by atoms with Gasteiger partial charge >= 0.3 is 0 Å². The summed E-state index contributed by atoms with van der Waals surface area (Å²) in [6.07, 6.45) is 4.97. The van der Waals surface area contributed by atoms with E-state index in [0.717, 1.165) is 29.9 Å². The van der Waals surface area contributed by atoms with E-state index in [0.29, 0.717) is 18.2 Å². The van der Waals surface area contributed by atoms with Crippen LogP contribution in [0.2, 0.25) is 0 Å². The number of carbonyl (C=O) groups is 1. The fraction of sp³-hybridized carbons (Fsp3) is 0.273. The zero-order valence-electron chi connectivity index (χ0n) is 17.0. The first-order valence-electron chi connectivity index (χ1n) is 9.73. The summed E-state index contributed by atoms with van der Waals surface area (Å²) in [6.45, 7) is 8.67. The van der Waals surface area contributed by atoms with Gasteiger partial charge in [0.15, 0.2) is 0 Å². The van der Waals surface area contributed by atoms with Crippen LogP contribution in [0.25, 0.3) is 0 Å². The van der Waals surface area contributed by atoms with Crippen molar-refractivity contribution in [2.24, 2.45) is 0 Å². The molecular weight excluding hydrogens is 364 g/mol. The number of hydrogen-bond acceptors (Lipinski definition) is 6. The Morgan fingerprint density at radius 3 is 2.48 bits per heavy atom. The molecule has 0 bridgehead atoms. The highest BCUT2D eigenvalue weighted by atomic mass is 16.1. The van der Waals surface area contributed by atoms with Crippen LogP contribution in [0, 0.1) is 6.92 Å². The van der Waals surface area contributed by atoms with Crippen LogP contribution in [0.4, 0.5) is 17.3 Å². The van der Waals surface area contributed by atoms with E-state index >= 15 is 0 Å². The Labute approximate surface area is 171 Å². The van der Waals surface area contributed by atoms with Crippen LogP contribution >= 0.6 is 0 Å². The number of benzene rings is 1. The van der Waals surface area contributed by atoms with Crippen molar-refractivity contribution in [3.05, 3.63) is 71.8 Å². The highest BCUT2D eigenvalue weighted by molar-refractivity contribution is 5.92. The van der Waals surface area contributed by atoms with Gasteiger partial charge in [0.2, 0.25) is 5.95 Å². The third-order valence-electron chi connectivity index (χ3n) is 4.68. The van der Waals surface area contributed by atoms with Gasteiger partial charge in [0.1, 0.15) is 5.69 Å². The number of amides is 1. The normalized spacial score (nSPS) is 10.4. The molecule has 2 heterocycles. The van der Waals surface area contributed by atoms with Gasteiger partial charge in [0, 0.05) is 49.6 Å². The van der Waals surface area contributed by atoms with Crippen LogP contribution in [0.5, 0.6) is 0 Å². The zero-order chi connectivity index (χ0) is 20.6. The topological polar surface area (TPSA) is 83.0 Å². The quantitative estimate of drug-likeness (QED) is 0.610. The molecule has 0 radical (unpaired) electrons. The van der Waals surface area contributed by atoms with Crippen molar-refractivity contribution < 1.29 is 4.79 Å². The van der Waals surface area contributed by atoms with Crippen LogP contribution in [-0.4, -0.2) is 33.9 Å². The Hall–Kier alpha value is -3.48. The molecule has 0 atom stereocenters. The minimum absolute atomic E-state index is 0.249. The molecule has 0 aliphatic rings. The lowest BCUT2D eigenvalue weighted by Crippen LogP contribution is -2.24. The van der Waals surface area contributed by atoms with Crippen LogP contribution in [0.15, 0.2) is 55.0 Å². The van der Waals surface area contributed by atoms with Crippen LogP contribution in [0.1, 0.15) is 35.5 Å². The Morgan fingerprint density at radius 2 is 1.79 bits per heavy atom. The molecule has 0 fully saturated rings. The van der Waals surface area contributed by atoms with Crippen LogP contribution < -0.4 is 15.5 Å². The first-order valence-corrected chi connectivity index (χ1v) is 9.73. The molecule has 7 nitrogen and oxygen atoms in total. The van der Waals surface area contributed by atoms with Crippen LogP contribution in [-0.2, 0) is 6.54 Å².